The van der Waals surface area contributed by atoms with Gasteiger partial charge in [-0.05, 0) is 55.7 Å². The highest BCUT2D eigenvalue weighted by Gasteiger charge is 2.13. The number of amides is 1. The van der Waals surface area contributed by atoms with Crippen LogP contribution in [0.3, 0.4) is 0 Å². The zero-order valence-corrected chi connectivity index (χ0v) is 12.5. The third-order valence-corrected chi connectivity index (χ3v) is 3.96. The summed E-state index contributed by atoms with van der Waals surface area (Å²) in [7, 11) is 0. The summed E-state index contributed by atoms with van der Waals surface area (Å²) in [5.74, 6) is -0.776. The predicted octanol–water partition coefficient (Wildman–Crippen LogP) is 2.48. The van der Waals surface area contributed by atoms with Crippen LogP contribution in [0, 0.1) is 0 Å². The van der Waals surface area contributed by atoms with E-state index in [-0.39, 0.29) is 18.4 Å². The van der Waals surface area contributed by atoms with Crippen molar-refractivity contribution >= 4 is 11.9 Å². The van der Waals surface area contributed by atoms with Crippen molar-refractivity contribution in [1.82, 2.24) is 5.32 Å². The highest BCUT2D eigenvalue weighted by Crippen LogP contribution is 2.22. The van der Waals surface area contributed by atoms with Crippen molar-refractivity contribution < 1.29 is 14.7 Å². The molecular weight excluding hydrogens is 266 g/mol. The van der Waals surface area contributed by atoms with Crippen LogP contribution in [0.2, 0.25) is 0 Å². The Morgan fingerprint density at radius 3 is 2.81 bits per heavy atom. The summed E-state index contributed by atoms with van der Waals surface area (Å²) < 4.78 is 0. The van der Waals surface area contributed by atoms with Gasteiger partial charge in [0.05, 0.1) is 6.42 Å². The van der Waals surface area contributed by atoms with Crippen LogP contribution in [-0.2, 0) is 28.9 Å². The van der Waals surface area contributed by atoms with Gasteiger partial charge in [0.2, 0.25) is 5.91 Å². The molecule has 2 N–H and O–H groups in total. The number of carboxylic acid groups (broad SMARTS) is 1. The van der Waals surface area contributed by atoms with E-state index in [2.05, 4.69) is 17.4 Å². The van der Waals surface area contributed by atoms with Gasteiger partial charge in [-0.2, -0.15) is 0 Å². The maximum Gasteiger partial charge on any atom is 0.303 e. The Hall–Kier alpha value is -1.84. The van der Waals surface area contributed by atoms with Crippen LogP contribution in [0.1, 0.15) is 49.3 Å². The van der Waals surface area contributed by atoms with Gasteiger partial charge in [-0.25, -0.2) is 0 Å². The second-order valence-corrected chi connectivity index (χ2v) is 5.89. The quantitative estimate of drug-likeness (QED) is 0.810. The van der Waals surface area contributed by atoms with Gasteiger partial charge in [0.15, 0.2) is 0 Å². The van der Waals surface area contributed by atoms with E-state index in [4.69, 9.17) is 5.11 Å². The van der Waals surface area contributed by atoms with E-state index in [1.165, 1.54) is 17.5 Å². The average molecular weight is 289 g/mol. The number of fused-ring (bicyclic) bond motifs is 1. The van der Waals surface area contributed by atoms with E-state index in [0.717, 1.165) is 18.4 Å². The largest absolute Gasteiger partial charge is 0.481 e. The van der Waals surface area contributed by atoms with Crippen molar-refractivity contribution in [3.8, 4) is 0 Å². The maximum absolute atomic E-state index is 12.0. The summed E-state index contributed by atoms with van der Waals surface area (Å²) in [4.78, 5) is 22.4. The van der Waals surface area contributed by atoms with Gasteiger partial charge in [-0.15, -0.1) is 0 Å². The molecule has 0 fully saturated rings. The van der Waals surface area contributed by atoms with E-state index in [9.17, 15) is 9.59 Å². The first-order valence-corrected chi connectivity index (χ1v) is 7.66. The molecule has 1 aromatic rings. The Balaban J connectivity index is 1.77. The number of rotatable bonds is 7. The standard InChI is InChI=1S/C17H23NO3/c1-12(4-2-7-17(20)21)18-16(19)11-13-8-9-14-5-3-6-15(14)10-13/h8-10,12H,2-7,11H2,1H3,(H,18,19)(H,20,21). The molecule has 1 aliphatic carbocycles. The second kappa shape index (κ2) is 7.25. The minimum absolute atomic E-state index is 0.00997. The maximum atomic E-state index is 12.0. The van der Waals surface area contributed by atoms with Crippen molar-refractivity contribution in [2.45, 2.75) is 57.9 Å². The lowest BCUT2D eigenvalue weighted by molar-refractivity contribution is -0.137. The number of benzene rings is 1. The smallest absolute Gasteiger partial charge is 0.303 e. The number of carbonyl (C=O) groups is 2. The van der Waals surface area contributed by atoms with Gasteiger partial charge in [0.25, 0.3) is 0 Å². The Kier molecular flexibility index (Phi) is 5.37. The second-order valence-electron chi connectivity index (χ2n) is 5.89. The number of hydrogen-bond donors (Lipinski definition) is 2. The molecule has 0 aliphatic heterocycles. The molecule has 0 radical (unpaired) electrons. The van der Waals surface area contributed by atoms with Crippen molar-refractivity contribution in [2.24, 2.45) is 0 Å². The van der Waals surface area contributed by atoms with Crippen molar-refractivity contribution in [1.29, 1.82) is 0 Å². The Morgan fingerprint density at radius 2 is 2.05 bits per heavy atom. The summed E-state index contributed by atoms with van der Waals surface area (Å²) in [5.41, 5.74) is 3.86. The van der Waals surface area contributed by atoms with Crippen LogP contribution in [0.5, 0.6) is 0 Å². The molecule has 114 valence electrons. The minimum Gasteiger partial charge on any atom is -0.481 e. The highest BCUT2D eigenvalue weighted by molar-refractivity contribution is 5.79. The van der Waals surface area contributed by atoms with E-state index in [1.807, 2.05) is 13.0 Å². The SMILES string of the molecule is CC(CCCC(=O)O)NC(=O)Cc1ccc2c(c1)CCC2. The molecule has 2 rings (SSSR count). The Bertz CT molecular complexity index is 525. The van der Waals surface area contributed by atoms with Crippen molar-refractivity contribution in [3.05, 3.63) is 34.9 Å². The van der Waals surface area contributed by atoms with Crippen LogP contribution in [0.4, 0.5) is 0 Å². The zero-order chi connectivity index (χ0) is 15.2. The fourth-order valence-electron chi connectivity index (χ4n) is 2.88. The molecule has 1 amide bonds. The Morgan fingerprint density at radius 1 is 1.29 bits per heavy atom. The molecule has 0 bridgehead atoms. The molecule has 0 aromatic heterocycles. The molecule has 1 aromatic carbocycles. The molecule has 0 saturated heterocycles. The predicted molar refractivity (Wildman–Crippen MR) is 81.3 cm³/mol. The minimum atomic E-state index is -0.785. The fourth-order valence-corrected chi connectivity index (χ4v) is 2.88. The first-order chi connectivity index (χ1) is 10.0. The number of carbonyl (C=O) groups excluding carboxylic acids is 1. The van der Waals surface area contributed by atoms with Crippen molar-refractivity contribution in [3.63, 3.8) is 0 Å². The lowest BCUT2D eigenvalue weighted by atomic mass is 10.0. The first-order valence-electron chi connectivity index (χ1n) is 7.66. The van der Waals surface area contributed by atoms with Gasteiger partial charge >= 0.3 is 5.97 Å². The molecule has 0 heterocycles. The van der Waals surface area contributed by atoms with Crippen LogP contribution in [-0.4, -0.2) is 23.0 Å². The number of aryl methyl sites for hydroxylation is 2. The van der Waals surface area contributed by atoms with E-state index < -0.39 is 5.97 Å². The van der Waals surface area contributed by atoms with Crippen LogP contribution >= 0.6 is 0 Å². The van der Waals surface area contributed by atoms with Crippen LogP contribution < -0.4 is 5.32 Å². The molecule has 0 saturated carbocycles. The molecule has 21 heavy (non-hydrogen) atoms. The number of aliphatic carboxylic acids is 1. The normalized spacial score (nSPS) is 14.5. The first kappa shape index (κ1) is 15.5. The third kappa shape index (κ3) is 4.88. The van der Waals surface area contributed by atoms with Gasteiger partial charge < -0.3 is 10.4 Å². The van der Waals surface area contributed by atoms with E-state index in [1.54, 1.807) is 0 Å². The third-order valence-electron chi connectivity index (χ3n) is 3.96. The number of hydrogen-bond acceptors (Lipinski definition) is 2. The van der Waals surface area contributed by atoms with Gasteiger partial charge in [0, 0.05) is 12.5 Å². The molecular formula is C17H23NO3. The lowest BCUT2D eigenvalue weighted by Crippen LogP contribution is -2.33. The highest BCUT2D eigenvalue weighted by atomic mass is 16.4. The summed E-state index contributed by atoms with van der Waals surface area (Å²) in [6, 6.07) is 6.35. The summed E-state index contributed by atoms with van der Waals surface area (Å²) in [6.45, 7) is 1.92. The zero-order valence-electron chi connectivity index (χ0n) is 12.5. The van der Waals surface area contributed by atoms with E-state index >= 15 is 0 Å². The molecule has 1 unspecified atom stereocenters. The summed E-state index contributed by atoms with van der Waals surface area (Å²) >= 11 is 0. The number of nitrogens with one attached hydrogen (secondary N) is 1. The van der Waals surface area contributed by atoms with Crippen LogP contribution in [0.25, 0.3) is 0 Å². The molecule has 0 spiro atoms. The molecule has 4 nitrogen and oxygen atoms in total. The Labute approximate surface area is 125 Å². The summed E-state index contributed by atoms with van der Waals surface area (Å²) in [5, 5.41) is 11.5. The van der Waals surface area contributed by atoms with Gasteiger partial charge in [0.1, 0.15) is 0 Å². The molecule has 1 aliphatic rings. The van der Waals surface area contributed by atoms with Gasteiger partial charge in [-0.1, -0.05) is 18.2 Å². The van der Waals surface area contributed by atoms with Crippen molar-refractivity contribution in [2.75, 3.05) is 0 Å². The lowest BCUT2D eigenvalue weighted by Gasteiger charge is -2.13. The van der Waals surface area contributed by atoms with Gasteiger partial charge in [-0.3, -0.25) is 9.59 Å². The monoisotopic (exact) mass is 289 g/mol. The summed E-state index contributed by atoms with van der Waals surface area (Å²) in [6.07, 6.45) is 5.34. The van der Waals surface area contributed by atoms with Crippen LogP contribution in [0.15, 0.2) is 18.2 Å². The van der Waals surface area contributed by atoms with E-state index in [0.29, 0.717) is 19.3 Å². The fraction of sp³-hybridized carbons (Fsp3) is 0.529. The topological polar surface area (TPSA) is 66.4 Å². The molecule has 1 atom stereocenters. The average Bonchev–Trinajstić information content (AvgIpc) is 2.85. The molecule has 4 heteroatoms. The number of carboxylic acids is 1.